The molecule has 0 heterocycles. The van der Waals surface area contributed by atoms with Crippen LogP contribution in [-0.2, 0) is 0 Å². The Bertz CT molecular complexity index is 417. The molecule has 0 aromatic heterocycles. The fourth-order valence-electron chi connectivity index (χ4n) is 1.82. The van der Waals surface area contributed by atoms with Crippen molar-refractivity contribution in [3.63, 3.8) is 0 Å². The van der Waals surface area contributed by atoms with Gasteiger partial charge in [-0.3, -0.25) is 0 Å². The van der Waals surface area contributed by atoms with Gasteiger partial charge in [-0.05, 0) is 13.8 Å². The van der Waals surface area contributed by atoms with E-state index in [1.165, 1.54) is 22.1 Å². The van der Waals surface area contributed by atoms with Gasteiger partial charge in [0.05, 0.1) is 0 Å². The molecule has 0 atom stereocenters. The fraction of sp³-hybridized carbons (Fsp3) is 0.143. The van der Waals surface area contributed by atoms with Gasteiger partial charge in [0.2, 0.25) is 0 Å². The van der Waals surface area contributed by atoms with Crippen molar-refractivity contribution >= 4 is 18.2 Å². The average Bonchev–Trinajstić information content (AvgIpc) is 2.24. The lowest BCUT2D eigenvalue weighted by atomic mass is 9.61. The third-order valence-electron chi connectivity index (χ3n) is 2.90. The van der Waals surface area contributed by atoms with E-state index < -0.39 is 0 Å². The van der Waals surface area contributed by atoms with Crippen LogP contribution in [0.3, 0.4) is 0 Å². The predicted octanol–water partition coefficient (Wildman–Crippen LogP) is 1.69. The van der Waals surface area contributed by atoms with E-state index in [1.54, 1.807) is 0 Å². The molecule has 0 aliphatic heterocycles. The highest BCUT2D eigenvalue weighted by Gasteiger charge is 2.03. The first-order valence-corrected chi connectivity index (χ1v) is 5.36. The molecule has 0 N–H and O–H groups in total. The molecular weight excluding hydrogens is 179 g/mol. The summed E-state index contributed by atoms with van der Waals surface area (Å²) >= 11 is 0. The van der Waals surface area contributed by atoms with Crippen molar-refractivity contribution in [3.8, 4) is 0 Å². The fourth-order valence-corrected chi connectivity index (χ4v) is 1.82. The van der Waals surface area contributed by atoms with Gasteiger partial charge in [-0.25, -0.2) is 0 Å². The zero-order valence-electron chi connectivity index (χ0n) is 9.33. The Morgan fingerprint density at radius 2 is 1.07 bits per heavy atom. The van der Waals surface area contributed by atoms with Gasteiger partial charge in [0.15, 0.2) is 7.28 Å². The SMILES string of the molecule is Cc1ccccc1Bc1ccccc1C. The van der Waals surface area contributed by atoms with Crippen LogP contribution in [0.15, 0.2) is 48.5 Å². The summed E-state index contributed by atoms with van der Waals surface area (Å²) in [7, 11) is 1.04. The van der Waals surface area contributed by atoms with Crippen molar-refractivity contribution in [2.45, 2.75) is 13.8 Å². The van der Waals surface area contributed by atoms with Crippen LogP contribution >= 0.6 is 0 Å². The normalized spacial score (nSPS) is 10.0. The average molecular weight is 194 g/mol. The van der Waals surface area contributed by atoms with E-state index in [2.05, 4.69) is 62.4 Å². The molecule has 0 unspecified atom stereocenters. The number of hydrogen-bond donors (Lipinski definition) is 0. The minimum atomic E-state index is 1.04. The summed E-state index contributed by atoms with van der Waals surface area (Å²) < 4.78 is 0. The summed E-state index contributed by atoms with van der Waals surface area (Å²) in [5, 5.41) is 0. The molecule has 0 amide bonds. The molecule has 1 heteroatoms. The Morgan fingerprint density at radius 3 is 1.47 bits per heavy atom. The number of aryl methyl sites for hydroxylation is 2. The Balaban J connectivity index is 2.30. The van der Waals surface area contributed by atoms with Crippen molar-refractivity contribution in [1.82, 2.24) is 0 Å². The Kier molecular flexibility index (Phi) is 2.91. The Labute approximate surface area is 92.2 Å². The van der Waals surface area contributed by atoms with Gasteiger partial charge in [-0.15, -0.1) is 0 Å². The van der Waals surface area contributed by atoms with Gasteiger partial charge in [0.25, 0.3) is 0 Å². The van der Waals surface area contributed by atoms with Crippen molar-refractivity contribution in [1.29, 1.82) is 0 Å². The van der Waals surface area contributed by atoms with E-state index >= 15 is 0 Å². The minimum absolute atomic E-state index is 1.04. The van der Waals surface area contributed by atoms with Crippen LogP contribution in [0.5, 0.6) is 0 Å². The number of hydrogen-bond acceptors (Lipinski definition) is 0. The summed E-state index contributed by atoms with van der Waals surface area (Å²) in [5.41, 5.74) is 5.60. The van der Waals surface area contributed by atoms with E-state index in [1.807, 2.05) is 0 Å². The molecule has 0 aliphatic rings. The van der Waals surface area contributed by atoms with Gasteiger partial charge in [-0.2, -0.15) is 0 Å². The van der Waals surface area contributed by atoms with Gasteiger partial charge >= 0.3 is 0 Å². The predicted molar refractivity (Wildman–Crippen MR) is 68.8 cm³/mol. The molecule has 0 aliphatic carbocycles. The highest BCUT2D eigenvalue weighted by atomic mass is 13.9. The zero-order valence-corrected chi connectivity index (χ0v) is 9.33. The molecule has 0 nitrogen and oxygen atoms in total. The molecule has 2 aromatic rings. The monoisotopic (exact) mass is 194 g/mol. The smallest absolute Gasteiger partial charge is 0.0757 e. The molecule has 0 saturated heterocycles. The van der Waals surface area contributed by atoms with E-state index in [9.17, 15) is 0 Å². The van der Waals surface area contributed by atoms with Gasteiger partial charge < -0.3 is 0 Å². The highest BCUT2D eigenvalue weighted by Crippen LogP contribution is 1.95. The van der Waals surface area contributed by atoms with E-state index in [-0.39, 0.29) is 0 Å². The summed E-state index contributed by atoms with van der Waals surface area (Å²) in [6.45, 7) is 4.35. The second-order valence-electron chi connectivity index (χ2n) is 4.03. The van der Waals surface area contributed by atoms with Crippen molar-refractivity contribution in [3.05, 3.63) is 59.7 Å². The second kappa shape index (κ2) is 4.35. The lowest BCUT2D eigenvalue weighted by Gasteiger charge is -2.06. The van der Waals surface area contributed by atoms with Crippen LogP contribution in [0.2, 0.25) is 0 Å². The zero-order chi connectivity index (χ0) is 10.7. The molecule has 15 heavy (non-hydrogen) atoms. The summed E-state index contributed by atoms with van der Waals surface area (Å²) in [4.78, 5) is 0. The first-order valence-electron chi connectivity index (χ1n) is 5.36. The maximum Gasteiger partial charge on any atom is 0.192 e. The molecule has 0 radical (unpaired) electrons. The van der Waals surface area contributed by atoms with Crippen LogP contribution in [0.25, 0.3) is 0 Å². The van der Waals surface area contributed by atoms with E-state index in [0.29, 0.717) is 0 Å². The third kappa shape index (κ3) is 2.30. The Hall–Kier alpha value is -1.50. The quantitative estimate of drug-likeness (QED) is 0.638. The van der Waals surface area contributed by atoms with Crippen LogP contribution in [-0.4, -0.2) is 7.28 Å². The lowest BCUT2D eigenvalue weighted by molar-refractivity contribution is 1.50. The maximum absolute atomic E-state index is 2.21. The summed E-state index contributed by atoms with van der Waals surface area (Å²) in [6.07, 6.45) is 0. The van der Waals surface area contributed by atoms with Gasteiger partial charge in [-0.1, -0.05) is 70.6 Å². The topological polar surface area (TPSA) is 0 Å². The highest BCUT2D eigenvalue weighted by molar-refractivity contribution is 6.68. The van der Waals surface area contributed by atoms with Crippen molar-refractivity contribution < 1.29 is 0 Å². The van der Waals surface area contributed by atoms with Crippen molar-refractivity contribution in [2.24, 2.45) is 0 Å². The maximum atomic E-state index is 2.21. The molecule has 74 valence electrons. The molecule has 0 bridgehead atoms. The molecule has 0 fully saturated rings. The van der Waals surface area contributed by atoms with Crippen LogP contribution in [0.1, 0.15) is 11.1 Å². The van der Waals surface area contributed by atoms with Crippen LogP contribution in [0.4, 0.5) is 0 Å². The van der Waals surface area contributed by atoms with Gasteiger partial charge in [0, 0.05) is 0 Å². The van der Waals surface area contributed by atoms with E-state index in [4.69, 9.17) is 0 Å². The molecule has 2 rings (SSSR count). The summed E-state index contributed by atoms with van der Waals surface area (Å²) in [5.74, 6) is 0. The van der Waals surface area contributed by atoms with Crippen LogP contribution < -0.4 is 10.9 Å². The minimum Gasteiger partial charge on any atom is -0.0757 e. The second-order valence-corrected chi connectivity index (χ2v) is 4.03. The molecular formula is C14H15B. The molecule has 2 aromatic carbocycles. The molecule has 0 saturated carbocycles. The standard InChI is InChI=1S/C14H15B/c1-11-7-3-5-9-13(11)15-14-10-6-4-8-12(14)2/h3-10,15H,1-2H3. The first-order chi connectivity index (χ1) is 7.27. The summed E-state index contributed by atoms with van der Waals surface area (Å²) in [6, 6.07) is 17.2. The number of benzene rings is 2. The molecule has 0 spiro atoms. The van der Waals surface area contributed by atoms with Crippen molar-refractivity contribution in [2.75, 3.05) is 0 Å². The number of rotatable bonds is 2. The largest absolute Gasteiger partial charge is 0.192 e. The van der Waals surface area contributed by atoms with Gasteiger partial charge in [0.1, 0.15) is 0 Å². The van der Waals surface area contributed by atoms with E-state index in [0.717, 1.165) is 7.28 Å². The first kappa shape index (κ1) is 10.0. The lowest BCUT2D eigenvalue weighted by Crippen LogP contribution is -2.30. The Morgan fingerprint density at radius 1 is 0.667 bits per heavy atom. The van der Waals surface area contributed by atoms with Crippen LogP contribution in [0, 0.1) is 13.8 Å². The third-order valence-corrected chi connectivity index (χ3v) is 2.90.